The van der Waals surface area contributed by atoms with Crippen LogP contribution >= 0.6 is 0 Å². The molecule has 0 fully saturated rings. The lowest BCUT2D eigenvalue weighted by Crippen LogP contribution is -2.25. The first-order valence-electron chi connectivity index (χ1n) is 9.58. The van der Waals surface area contributed by atoms with Crippen LogP contribution in [0.15, 0.2) is 96.0 Å². The Balaban J connectivity index is 1.78. The molecule has 4 rings (SSSR count). The molecule has 0 amide bonds. The van der Waals surface area contributed by atoms with Gasteiger partial charge in [0.1, 0.15) is 0 Å². The maximum absolute atomic E-state index is 5.06. The molecule has 1 nitrogen and oxygen atoms in total. The summed E-state index contributed by atoms with van der Waals surface area (Å²) in [4.78, 5) is 5.06. The zero-order valence-corrected chi connectivity index (χ0v) is 15.3. The zero-order chi connectivity index (χ0) is 17.8. The molecule has 0 saturated carbocycles. The van der Waals surface area contributed by atoms with Crippen molar-refractivity contribution in [2.24, 2.45) is 10.9 Å². The van der Waals surface area contributed by atoms with Gasteiger partial charge in [-0.15, -0.1) is 0 Å². The molecule has 130 valence electrons. The second-order valence-electron chi connectivity index (χ2n) is 7.06. The van der Waals surface area contributed by atoms with Crippen molar-refractivity contribution in [3.05, 3.63) is 108 Å². The molecular formula is C25H25N. The Kier molecular flexibility index (Phi) is 4.97. The van der Waals surface area contributed by atoms with Gasteiger partial charge in [-0.2, -0.15) is 0 Å². The minimum atomic E-state index is 0.409. The van der Waals surface area contributed by atoms with Gasteiger partial charge in [-0.05, 0) is 29.0 Å². The maximum atomic E-state index is 5.06. The number of rotatable bonds is 5. The van der Waals surface area contributed by atoms with Crippen LogP contribution in [0.3, 0.4) is 0 Å². The summed E-state index contributed by atoms with van der Waals surface area (Å²) >= 11 is 0. The fraction of sp³-hybridized carbons (Fsp3) is 0.240. The van der Waals surface area contributed by atoms with Gasteiger partial charge in [0.2, 0.25) is 0 Å². The molecule has 0 aromatic heterocycles. The number of nitrogens with zero attached hydrogens (tertiary/aromatic N) is 1. The average Bonchev–Trinajstić information content (AvgIpc) is 3.16. The Labute approximate surface area is 156 Å². The van der Waals surface area contributed by atoms with Crippen molar-refractivity contribution in [3.63, 3.8) is 0 Å². The van der Waals surface area contributed by atoms with Crippen LogP contribution in [-0.4, -0.2) is 12.3 Å². The first-order valence-corrected chi connectivity index (χ1v) is 9.58. The second-order valence-corrected chi connectivity index (χ2v) is 7.06. The standard InChI is InChI=1S/C25H25N/c1-2-22(19-12-6-3-7-13-19)24-23(20-14-8-4-9-15-20)18-26-25(24)21-16-10-5-11-17-21/h3-17,22-24H,2,18H2,1H3/t22-,23+,24+/m1/s1. The monoisotopic (exact) mass is 339 g/mol. The van der Waals surface area contributed by atoms with E-state index in [-0.39, 0.29) is 0 Å². The van der Waals surface area contributed by atoms with E-state index in [0.717, 1.165) is 13.0 Å². The van der Waals surface area contributed by atoms with Crippen LogP contribution in [0.2, 0.25) is 0 Å². The molecule has 0 spiro atoms. The van der Waals surface area contributed by atoms with E-state index in [4.69, 9.17) is 4.99 Å². The van der Waals surface area contributed by atoms with Gasteiger partial charge in [0.05, 0.1) is 0 Å². The first-order chi connectivity index (χ1) is 12.9. The predicted octanol–water partition coefficient (Wildman–Crippen LogP) is 6.08. The van der Waals surface area contributed by atoms with Crippen molar-refractivity contribution in [2.45, 2.75) is 25.2 Å². The number of hydrogen-bond donors (Lipinski definition) is 0. The normalized spacial score (nSPS) is 20.6. The Morgan fingerprint density at radius 1 is 0.808 bits per heavy atom. The molecule has 0 bridgehead atoms. The molecule has 0 aliphatic carbocycles. The molecule has 3 atom stereocenters. The third-order valence-electron chi connectivity index (χ3n) is 5.61. The van der Waals surface area contributed by atoms with Gasteiger partial charge in [0.25, 0.3) is 0 Å². The van der Waals surface area contributed by atoms with Crippen LogP contribution < -0.4 is 0 Å². The summed E-state index contributed by atoms with van der Waals surface area (Å²) in [5, 5.41) is 0. The first kappa shape index (κ1) is 16.8. The van der Waals surface area contributed by atoms with Crippen molar-refractivity contribution in [1.29, 1.82) is 0 Å². The van der Waals surface area contributed by atoms with Crippen LogP contribution in [0.5, 0.6) is 0 Å². The van der Waals surface area contributed by atoms with E-state index < -0.39 is 0 Å². The van der Waals surface area contributed by atoms with Crippen molar-refractivity contribution < 1.29 is 0 Å². The molecule has 0 unspecified atom stereocenters. The van der Waals surface area contributed by atoms with Crippen LogP contribution in [0.4, 0.5) is 0 Å². The molecule has 3 aromatic carbocycles. The summed E-state index contributed by atoms with van der Waals surface area (Å²) in [7, 11) is 0. The van der Waals surface area contributed by atoms with E-state index in [9.17, 15) is 0 Å². The Morgan fingerprint density at radius 3 is 2.00 bits per heavy atom. The minimum Gasteiger partial charge on any atom is -0.288 e. The fourth-order valence-corrected chi connectivity index (χ4v) is 4.38. The molecule has 1 heterocycles. The lowest BCUT2D eigenvalue weighted by molar-refractivity contribution is 0.465. The van der Waals surface area contributed by atoms with Crippen molar-refractivity contribution in [2.75, 3.05) is 6.54 Å². The molecule has 1 heteroatoms. The highest BCUT2D eigenvalue weighted by atomic mass is 14.8. The molecule has 26 heavy (non-hydrogen) atoms. The maximum Gasteiger partial charge on any atom is 0.0468 e. The van der Waals surface area contributed by atoms with Gasteiger partial charge >= 0.3 is 0 Å². The summed E-state index contributed by atoms with van der Waals surface area (Å²) < 4.78 is 0. The second kappa shape index (κ2) is 7.70. The highest BCUT2D eigenvalue weighted by molar-refractivity contribution is 6.04. The van der Waals surface area contributed by atoms with Gasteiger partial charge in [0, 0.05) is 24.1 Å². The van der Waals surface area contributed by atoms with Crippen LogP contribution in [0.1, 0.15) is 41.9 Å². The van der Waals surface area contributed by atoms with E-state index in [0.29, 0.717) is 17.8 Å². The zero-order valence-electron chi connectivity index (χ0n) is 15.3. The van der Waals surface area contributed by atoms with Crippen LogP contribution in [-0.2, 0) is 0 Å². The van der Waals surface area contributed by atoms with Gasteiger partial charge < -0.3 is 0 Å². The summed E-state index contributed by atoms with van der Waals surface area (Å²) in [5.74, 6) is 1.33. The largest absolute Gasteiger partial charge is 0.288 e. The number of aliphatic imine (C=N–C) groups is 1. The number of benzene rings is 3. The third kappa shape index (κ3) is 3.22. The van der Waals surface area contributed by atoms with E-state index in [1.165, 1.54) is 22.4 Å². The van der Waals surface area contributed by atoms with Crippen molar-refractivity contribution >= 4 is 5.71 Å². The quantitative estimate of drug-likeness (QED) is 0.534. The Hall–Kier alpha value is -2.67. The smallest absolute Gasteiger partial charge is 0.0468 e. The molecule has 0 saturated heterocycles. The molecule has 1 aliphatic heterocycles. The van der Waals surface area contributed by atoms with Crippen LogP contribution in [0.25, 0.3) is 0 Å². The van der Waals surface area contributed by atoms with E-state index in [1.807, 2.05) is 0 Å². The van der Waals surface area contributed by atoms with E-state index in [2.05, 4.69) is 97.9 Å². The van der Waals surface area contributed by atoms with Crippen molar-refractivity contribution in [1.82, 2.24) is 0 Å². The molecule has 0 N–H and O–H groups in total. The summed E-state index contributed by atoms with van der Waals surface area (Å²) in [6.07, 6.45) is 1.11. The topological polar surface area (TPSA) is 12.4 Å². The average molecular weight is 339 g/mol. The Bertz CT molecular complexity index is 852. The lowest BCUT2D eigenvalue weighted by Gasteiger charge is -2.30. The van der Waals surface area contributed by atoms with Gasteiger partial charge in [-0.1, -0.05) is 97.9 Å². The van der Waals surface area contributed by atoms with E-state index in [1.54, 1.807) is 0 Å². The molecule has 1 aliphatic rings. The summed E-state index contributed by atoms with van der Waals surface area (Å²) in [6, 6.07) is 32.6. The SMILES string of the molecule is CC[C@H](c1ccccc1)[C@@H]1C(c2ccccc2)=NC[C@H]1c1ccccc1. The summed E-state index contributed by atoms with van der Waals surface area (Å²) in [5.41, 5.74) is 5.37. The highest BCUT2D eigenvalue weighted by Gasteiger charge is 2.38. The van der Waals surface area contributed by atoms with Gasteiger partial charge in [-0.25, -0.2) is 0 Å². The number of hydrogen-bond acceptors (Lipinski definition) is 1. The Morgan fingerprint density at radius 2 is 1.38 bits per heavy atom. The van der Waals surface area contributed by atoms with Gasteiger partial charge in [-0.3, -0.25) is 4.99 Å². The molecule has 0 radical (unpaired) electrons. The highest BCUT2D eigenvalue weighted by Crippen LogP contribution is 2.44. The van der Waals surface area contributed by atoms with Crippen molar-refractivity contribution in [3.8, 4) is 0 Å². The third-order valence-corrected chi connectivity index (χ3v) is 5.61. The van der Waals surface area contributed by atoms with E-state index >= 15 is 0 Å². The van der Waals surface area contributed by atoms with Gasteiger partial charge in [0.15, 0.2) is 0 Å². The molecule has 3 aromatic rings. The summed E-state index contributed by atoms with van der Waals surface area (Å²) in [6.45, 7) is 3.18. The van der Waals surface area contributed by atoms with Crippen LogP contribution in [0, 0.1) is 5.92 Å². The fourth-order valence-electron chi connectivity index (χ4n) is 4.38. The minimum absolute atomic E-state index is 0.409. The predicted molar refractivity (Wildman–Crippen MR) is 110 cm³/mol. The molecular weight excluding hydrogens is 314 g/mol. The lowest BCUT2D eigenvalue weighted by atomic mass is 9.72.